The number of fused-ring (bicyclic) bond motifs is 2. The molecule has 0 fully saturated rings. The van der Waals surface area contributed by atoms with Gasteiger partial charge in [0.1, 0.15) is 11.3 Å². The van der Waals surface area contributed by atoms with Crippen LogP contribution in [0, 0.1) is 0 Å². The summed E-state index contributed by atoms with van der Waals surface area (Å²) in [6, 6.07) is 18.7. The molecule has 5 rings (SSSR count). The molecule has 0 saturated heterocycles. The van der Waals surface area contributed by atoms with E-state index in [9.17, 15) is 9.59 Å². The molecular weight excluding hydrogens is 517 g/mol. The molecule has 0 aliphatic rings. The van der Waals surface area contributed by atoms with E-state index >= 15 is 0 Å². The molecule has 0 amide bonds. The van der Waals surface area contributed by atoms with Crippen LogP contribution in [0.3, 0.4) is 0 Å². The standard InChI is InChI=1S/C27H19Cl2N3O5/c1-15(27(34)35-2)36-23-10-8-19(29)12-17(23)14-30-32-25(31-21-6-4-3-5-20(21)26(32)33)24-13-16-11-18(28)7-9-22(16)37-24/h3-15H,1-2H3/t15-/m0/s1. The maximum absolute atomic E-state index is 13.5. The molecule has 10 heteroatoms. The molecule has 3 aromatic carbocycles. The first kappa shape index (κ1) is 24.5. The van der Waals surface area contributed by atoms with Crippen LogP contribution in [-0.2, 0) is 9.53 Å². The van der Waals surface area contributed by atoms with Crippen molar-refractivity contribution in [1.82, 2.24) is 9.66 Å². The van der Waals surface area contributed by atoms with E-state index in [2.05, 4.69) is 10.1 Å². The van der Waals surface area contributed by atoms with Crippen molar-refractivity contribution in [3.05, 3.63) is 92.7 Å². The third kappa shape index (κ3) is 4.94. The van der Waals surface area contributed by atoms with Crippen LogP contribution in [0.5, 0.6) is 5.75 Å². The van der Waals surface area contributed by atoms with Gasteiger partial charge in [-0.05, 0) is 61.5 Å². The largest absolute Gasteiger partial charge is 0.478 e. The number of rotatable bonds is 6. The van der Waals surface area contributed by atoms with Crippen molar-refractivity contribution >= 4 is 57.3 Å². The summed E-state index contributed by atoms with van der Waals surface area (Å²) in [6.07, 6.45) is 0.535. The highest BCUT2D eigenvalue weighted by molar-refractivity contribution is 6.31. The van der Waals surface area contributed by atoms with Gasteiger partial charge >= 0.3 is 5.97 Å². The number of hydrogen-bond donors (Lipinski definition) is 0. The lowest BCUT2D eigenvalue weighted by atomic mass is 10.2. The molecule has 186 valence electrons. The zero-order valence-corrected chi connectivity index (χ0v) is 21.2. The number of carbonyl (C=O) groups is 1. The molecule has 2 aromatic heterocycles. The summed E-state index contributed by atoms with van der Waals surface area (Å²) in [4.78, 5) is 30.0. The number of ether oxygens (including phenoxy) is 2. The number of esters is 1. The van der Waals surface area contributed by atoms with Gasteiger partial charge in [-0.1, -0.05) is 35.3 Å². The van der Waals surface area contributed by atoms with Gasteiger partial charge in [-0.2, -0.15) is 9.78 Å². The predicted molar refractivity (Wildman–Crippen MR) is 143 cm³/mol. The van der Waals surface area contributed by atoms with E-state index in [1.54, 1.807) is 73.7 Å². The van der Waals surface area contributed by atoms with E-state index in [1.165, 1.54) is 13.3 Å². The fourth-order valence-corrected chi connectivity index (χ4v) is 4.13. The highest BCUT2D eigenvalue weighted by Gasteiger charge is 2.18. The van der Waals surface area contributed by atoms with Crippen molar-refractivity contribution in [2.24, 2.45) is 5.10 Å². The number of methoxy groups -OCH3 is 1. The van der Waals surface area contributed by atoms with E-state index in [0.29, 0.717) is 43.6 Å². The Labute approximate surface area is 220 Å². The topological polar surface area (TPSA) is 95.9 Å². The molecule has 0 aliphatic heterocycles. The van der Waals surface area contributed by atoms with Crippen LogP contribution in [0.15, 0.2) is 81.0 Å². The average Bonchev–Trinajstić information content (AvgIpc) is 3.32. The van der Waals surface area contributed by atoms with Crippen LogP contribution in [0.1, 0.15) is 12.5 Å². The Kier molecular flexibility index (Phi) is 6.69. The zero-order valence-electron chi connectivity index (χ0n) is 19.6. The first-order valence-electron chi connectivity index (χ1n) is 11.1. The first-order chi connectivity index (χ1) is 17.8. The molecule has 8 nitrogen and oxygen atoms in total. The Bertz CT molecular complexity index is 1740. The van der Waals surface area contributed by atoms with Crippen molar-refractivity contribution in [2.45, 2.75) is 13.0 Å². The molecule has 37 heavy (non-hydrogen) atoms. The molecular formula is C27H19Cl2N3O5. The molecule has 2 heterocycles. The normalized spacial score (nSPS) is 12.3. The summed E-state index contributed by atoms with van der Waals surface area (Å²) in [6.45, 7) is 1.56. The lowest BCUT2D eigenvalue weighted by Crippen LogP contribution is -2.25. The number of nitrogens with zero attached hydrogens (tertiary/aromatic N) is 3. The van der Waals surface area contributed by atoms with Crippen LogP contribution in [0.4, 0.5) is 0 Å². The zero-order chi connectivity index (χ0) is 26.1. The first-order valence-corrected chi connectivity index (χ1v) is 11.9. The SMILES string of the molecule is COC(=O)[C@H](C)Oc1ccc(Cl)cc1C=Nn1c(-c2cc3cc(Cl)ccc3o2)nc2ccccc2c1=O. The monoisotopic (exact) mass is 535 g/mol. The molecule has 0 saturated carbocycles. The van der Waals surface area contributed by atoms with Gasteiger partial charge in [-0.25, -0.2) is 9.78 Å². The molecule has 0 aliphatic carbocycles. The minimum Gasteiger partial charge on any atom is -0.478 e. The van der Waals surface area contributed by atoms with Gasteiger partial charge in [-0.3, -0.25) is 4.79 Å². The Morgan fingerprint density at radius 1 is 1.08 bits per heavy atom. The number of aromatic nitrogens is 2. The second-order valence-corrected chi connectivity index (χ2v) is 8.95. The van der Waals surface area contributed by atoms with Crippen molar-refractivity contribution in [1.29, 1.82) is 0 Å². The van der Waals surface area contributed by atoms with Gasteiger partial charge in [0, 0.05) is 21.0 Å². The molecule has 0 N–H and O–H groups in total. The van der Waals surface area contributed by atoms with Crippen LogP contribution in [0.2, 0.25) is 10.0 Å². The molecule has 5 aromatic rings. The summed E-state index contributed by atoms with van der Waals surface area (Å²) in [5.41, 5.74) is 1.11. The van der Waals surface area contributed by atoms with Gasteiger partial charge < -0.3 is 13.9 Å². The summed E-state index contributed by atoms with van der Waals surface area (Å²) in [5, 5.41) is 6.54. The Morgan fingerprint density at radius 2 is 1.84 bits per heavy atom. The molecule has 0 unspecified atom stereocenters. The number of hydrogen-bond acceptors (Lipinski definition) is 7. The third-order valence-electron chi connectivity index (χ3n) is 5.57. The van der Waals surface area contributed by atoms with Gasteiger partial charge in [0.15, 0.2) is 11.9 Å². The molecule has 1 atom stereocenters. The summed E-state index contributed by atoms with van der Waals surface area (Å²) >= 11 is 12.3. The molecule has 0 bridgehead atoms. The third-order valence-corrected chi connectivity index (χ3v) is 6.04. The molecule has 0 radical (unpaired) electrons. The number of carbonyl (C=O) groups excluding carboxylic acids is 1. The maximum atomic E-state index is 13.5. The van der Waals surface area contributed by atoms with E-state index in [-0.39, 0.29) is 5.82 Å². The van der Waals surface area contributed by atoms with Crippen LogP contribution in [0.25, 0.3) is 33.5 Å². The lowest BCUT2D eigenvalue weighted by molar-refractivity contribution is -0.147. The predicted octanol–water partition coefficient (Wildman–Crippen LogP) is 5.94. The van der Waals surface area contributed by atoms with E-state index in [4.69, 9.17) is 37.1 Å². The second kappa shape index (κ2) is 10.1. The van der Waals surface area contributed by atoms with Gasteiger partial charge in [-0.15, -0.1) is 0 Å². The fraction of sp³-hybridized carbons (Fsp3) is 0.111. The summed E-state index contributed by atoms with van der Waals surface area (Å²) < 4.78 is 17.6. The number of halogens is 2. The van der Waals surface area contributed by atoms with Crippen LogP contribution in [-0.4, -0.2) is 35.1 Å². The van der Waals surface area contributed by atoms with Crippen LogP contribution < -0.4 is 10.3 Å². The summed E-state index contributed by atoms with van der Waals surface area (Å²) in [7, 11) is 1.28. The summed E-state index contributed by atoms with van der Waals surface area (Å²) in [5.74, 6) is 0.312. The Balaban J connectivity index is 1.66. The number of furan rings is 1. The minimum absolute atomic E-state index is 0.194. The smallest absolute Gasteiger partial charge is 0.346 e. The lowest BCUT2D eigenvalue weighted by Gasteiger charge is -2.14. The van der Waals surface area contributed by atoms with E-state index < -0.39 is 17.6 Å². The van der Waals surface area contributed by atoms with Gasteiger partial charge in [0.25, 0.3) is 5.56 Å². The van der Waals surface area contributed by atoms with Crippen LogP contribution >= 0.6 is 23.2 Å². The van der Waals surface area contributed by atoms with Crippen molar-refractivity contribution in [3.8, 4) is 17.3 Å². The van der Waals surface area contributed by atoms with Crippen molar-refractivity contribution in [3.63, 3.8) is 0 Å². The number of benzene rings is 3. The second-order valence-electron chi connectivity index (χ2n) is 8.07. The van der Waals surface area contributed by atoms with Gasteiger partial charge in [0.2, 0.25) is 5.82 Å². The van der Waals surface area contributed by atoms with E-state index in [1.807, 2.05) is 0 Å². The highest BCUT2D eigenvalue weighted by atomic mass is 35.5. The fourth-order valence-electron chi connectivity index (χ4n) is 3.77. The maximum Gasteiger partial charge on any atom is 0.346 e. The van der Waals surface area contributed by atoms with Crippen molar-refractivity contribution < 1.29 is 18.7 Å². The van der Waals surface area contributed by atoms with Gasteiger partial charge in [0.05, 0.1) is 24.2 Å². The Hall–Kier alpha value is -4.14. The minimum atomic E-state index is -0.874. The van der Waals surface area contributed by atoms with E-state index in [0.717, 1.165) is 10.1 Å². The quantitative estimate of drug-likeness (QED) is 0.197. The Morgan fingerprint density at radius 3 is 2.65 bits per heavy atom. The number of para-hydroxylation sites is 1. The molecule has 0 spiro atoms. The average molecular weight is 536 g/mol. The highest BCUT2D eigenvalue weighted by Crippen LogP contribution is 2.29. The van der Waals surface area contributed by atoms with Crippen molar-refractivity contribution in [2.75, 3.05) is 7.11 Å².